The number of hydrogen-bond donors (Lipinski definition) is 3. The van der Waals surface area contributed by atoms with E-state index in [1.165, 1.54) is 6.26 Å². The minimum Gasteiger partial charge on any atom is -0.465 e. The molecule has 0 saturated carbocycles. The number of nitrogen functional groups attached to an aromatic ring is 1. The van der Waals surface area contributed by atoms with Crippen molar-refractivity contribution in [2.45, 2.75) is 18.2 Å². The SMILES string of the molecule is CS(=O)(=O)Cc1cc(N)ccc1N1CC[C@@H](NC(=O)O)C1. The third kappa shape index (κ3) is 4.25. The van der Waals surface area contributed by atoms with E-state index in [2.05, 4.69) is 5.32 Å². The minimum absolute atomic E-state index is 0.0824. The van der Waals surface area contributed by atoms with Gasteiger partial charge in [0.05, 0.1) is 11.8 Å². The second kappa shape index (κ2) is 5.80. The predicted molar refractivity (Wildman–Crippen MR) is 81.2 cm³/mol. The first-order valence-corrected chi connectivity index (χ1v) is 8.61. The number of sulfone groups is 1. The number of nitrogens with two attached hydrogens (primary N) is 1. The maximum absolute atomic E-state index is 11.5. The van der Waals surface area contributed by atoms with Crippen molar-refractivity contribution in [1.82, 2.24) is 5.32 Å². The van der Waals surface area contributed by atoms with Gasteiger partial charge in [-0.3, -0.25) is 0 Å². The Balaban J connectivity index is 2.22. The zero-order valence-corrected chi connectivity index (χ0v) is 12.6. The summed E-state index contributed by atoms with van der Waals surface area (Å²) >= 11 is 0. The summed E-state index contributed by atoms with van der Waals surface area (Å²) in [6.45, 7) is 1.19. The van der Waals surface area contributed by atoms with Crippen LogP contribution < -0.4 is 16.0 Å². The van der Waals surface area contributed by atoms with Gasteiger partial charge in [0.25, 0.3) is 0 Å². The number of nitrogens with one attached hydrogen (secondary N) is 1. The third-order valence-electron chi connectivity index (χ3n) is 3.38. The molecule has 116 valence electrons. The van der Waals surface area contributed by atoms with Crippen LogP contribution in [0.5, 0.6) is 0 Å². The van der Waals surface area contributed by atoms with Gasteiger partial charge in [-0.05, 0) is 30.2 Å². The van der Waals surface area contributed by atoms with E-state index < -0.39 is 15.9 Å². The Morgan fingerprint density at radius 2 is 2.24 bits per heavy atom. The molecule has 1 aliphatic heterocycles. The van der Waals surface area contributed by atoms with E-state index in [0.717, 1.165) is 5.69 Å². The summed E-state index contributed by atoms with van der Waals surface area (Å²) in [7, 11) is -3.17. The van der Waals surface area contributed by atoms with E-state index in [-0.39, 0.29) is 11.8 Å². The number of rotatable bonds is 4. The van der Waals surface area contributed by atoms with Crippen LogP contribution >= 0.6 is 0 Å². The van der Waals surface area contributed by atoms with Gasteiger partial charge in [-0.15, -0.1) is 0 Å². The van der Waals surface area contributed by atoms with Crippen molar-refractivity contribution < 1.29 is 18.3 Å². The van der Waals surface area contributed by atoms with Crippen LogP contribution in [0.2, 0.25) is 0 Å². The molecule has 0 radical (unpaired) electrons. The number of benzene rings is 1. The summed E-state index contributed by atoms with van der Waals surface area (Å²) < 4.78 is 23.1. The minimum atomic E-state index is -3.17. The lowest BCUT2D eigenvalue weighted by molar-refractivity contribution is 0.191. The molecule has 1 fully saturated rings. The lowest BCUT2D eigenvalue weighted by Crippen LogP contribution is -2.36. The van der Waals surface area contributed by atoms with E-state index >= 15 is 0 Å². The molecule has 0 spiro atoms. The molecule has 1 amide bonds. The molecule has 21 heavy (non-hydrogen) atoms. The Morgan fingerprint density at radius 1 is 1.52 bits per heavy atom. The van der Waals surface area contributed by atoms with E-state index in [0.29, 0.717) is 30.8 Å². The van der Waals surface area contributed by atoms with E-state index in [4.69, 9.17) is 10.8 Å². The first kappa shape index (κ1) is 15.4. The van der Waals surface area contributed by atoms with Crippen molar-refractivity contribution in [1.29, 1.82) is 0 Å². The number of amides is 1. The molecule has 1 aromatic rings. The zero-order valence-electron chi connectivity index (χ0n) is 11.7. The van der Waals surface area contributed by atoms with Crippen LogP contribution in [0.25, 0.3) is 0 Å². The van der Waals surface area contributed by atoms with Gasteiger partial charge in [0.1, 0.15) is 0 Å². The normalized spacial score (nSPS) is 18.7. The summed E-state index contributed by atoms with van der Waals surface area (Å²) in [5.74, 6) is -0.0824. The lowest BCUT2D eigenvalue weighted by Gasteiger charge is -2.22. The Labute approximate surface area is 123 Å². The van der Waals surface area contributed by atoms with Gasteiger partial charge < -0.3 is 21.1 Å². The molecule has 4 N–H and O–H groups in total. The summed E-state index contributed by atoms with van der Waals surface area (Å²) in [5.41, 5.74) is 7.69. The van der Waals surface area contributed by atoms with Crippen LogP contribution in [-0.4, -0.2) is 45.0 Å². The van der Waals surface area contributed by atoms with Crippen LogP contribution in [0, 0.1) is 0 Å². The van der Waals surface area contributed by atoms with Gasteiger partial charge in [-0.1, -0.05) is 0 Å². The topological polar surface area (TPSA) is 113 Å². The van der Waals surface area contributed by atoms with Crippen molar-refractivity contribution in [3.05, 3.63) is 23.8 Å². The number of carboxylic acid groups (broad SMARTS) is 1. The lowest BCUT2D eigenvalue weighted by atomic mass is 10.1. The predicted octanol–water partition coefficient (Wildman–Crippen LogP) is 0.660. The average molecular weight is 313 g/mol. The molecule has 0 bridgehead atoms. The Morgan fingerprint density at radius 3 is 2.86 bits per heavy atom. The standard InChI is InChI=1S/C13H19N3O4S/c1-21(19,20)8-9-6-10(14)2-3-12(9)16-5-4-11(7-16)15-13(17)18/h2-3,6,11,15H,4-5,7-8,14H2,1H3,(H,17,18)/t11-/m1/s1. The maximum atomic E-state index is 11.5. The summed E-state index contributed by atoms with van der Waals surface area (Å²) in [4.78, 5) is 12.7. The molecular weight excluding hydrogens is 294 g/mol. The smallest absolute Gasteiger partial charge is 0.404 e. The van der Waals surface area contributed by atoms with Crippen molar-refractivity contribution >= 4 is 27.3 Å². The molecule has 8 heteroatoms. The maximum Gasteiger partial charge on any atom is 0.404 e. The molecule has 1 aliphatic rings. The highest BCUT2D eigenvalue weighted by Crippen LogP contribution is 2.28. The fourth-order valence-electron chi connectivity index (χ4n) is 2.58. The number of carbonyl (C=O) groups is 1. The molecule has 1 atom stereocenters. The Hall–Kier alpha value is -1.96. The summed E-state index contributed by atoms with van der Waals surface area (Å²) in [6, 6.07) is 5.03. The largest absolute Gasteiger partial charge is 0.465 e. The molecule has 7 nitrogen and oxygen atoms in total. The highest BCUT2D eigenvalue weighted by atomic mass is 32.2. The van der Waals surface area contributed by atoms with Gasteiger partial charge in [0.15, 0.2) is 9.84 Å². The zero-order chi connectivity index (χ0) is 15.6. The fourth-order valence-corrected chi connectivity index (χ4v) is 3.38. The molecule has 0 unspecified atom stereocenters. The van der Waals surface area contributed by atoms with E-state index in [9.17, 15) is 13.2 Å². The second-order valence-corrected chi connectivity index (χ2v) is 7.48. The van der Waals surface area contributed by atoms with Crippen LogP contribution in [0.15, 0.2) is 18.2 Å². The molecule has 1 aromatic carbocycles. The number of nitrogens with zero attached hydrogens (tertiary/aromatic N) is 1. The number of anilines is 2. The van der Waals surface area contributed by atoms with Crippen molar-refractivity contribution in [3.8, 4) is 0 Å². The van der Waals surface area contributed by atoms with Gasteiger partial charge in [-0.25, -0.2) is 13.2 Å². The summed E-state index contributed by atoms with van der Waals surface area (Å²) in [5, 5.41) is 11.2. The van der Waals surface area contributed by atoms with Gasteiger partial charge in [0, 0.05) is 30.7 Å². The van der Waals surface area contributed by atoms with Crippen LogP contribution in [0.1, 0.15) is 12.0 Å². The van der Waals surface area contributed by atoms with Crippen molar-refractivity contribution in [2.75, 3.05) is 30.0 Å². The van der Waals surface area contributed by atoms with E-state index in [1.54, 1.807) is 18.2 Å². The second-order valence-electron chi connectivity index (χ2n) is 5.34. The van der Waals surface area contributed by atoms with Gasteiger partial charge >= 0.3 is 6.09 Å². The first-order valence-electron chi connectivity index (χ1n) is 6.55. The summed E-state index contributed by atoms with van der Waals surface area (Å²) in [6.07, 6.45) is 0.823. The Kier molecular flexibility index (Phi) is 4.26. The van der Waals surface area contributed by atoms with E-state index in [1.807, 2.05) is 4.90 Å². The molecular formula is C13H19N3O4S. The van der Waals surface area contributed by atoms with Crippen molar-refractivity contribution in [3.63, 3.8) is 0 Å². The van der Waals surface area contributed by atoms with Crippen molar-refractivity contribution in [2.24, 2.45) is 0 Å². The first-order chi connectivity index (χ1) is 9.74. The molecule has 0 aliphatic carbocycles. The molecule has 0 aromatic heterocycles. The highest BCUT2D eigenvalue weighted by molar-refractivity contribution is 7.89. The monoisotopic (exact) mass is 313 g/mol. The van der Waals surface area contributed by atoms with Crippen LogP contribution in [-0.2, 0) is 15.6 Å². The third-order valence-corrected chi connectivity index (χ3v) is 4.21. The van der Waals surface area contributed by atoms with Gasteiger partial charge in [0.2, 0.25) is 0 Å². The van der Waals surface area contributed by atoms with Gasteiger partial charge in [-0.2, -0.15) is 0 Å². The molecule has 2 rings (SSSR count). The molecule has 1 saturated heterocycles. The molecule has 1 heterocycles. The fraction of sp³-hybridized carbons (Fsp3) is 0.462. The van der Waals surface area contributed by atoms with Crippen LogP contribution in [0.3, 0.4) is 0 Å². The van der Waals surface area contributed by atoms with Crippen LogP contribution in [0.4, 0.5) is 16.2 Å². The highest BCUT2D eigenvalue weighted by Gasteiger charge is 2.26. The number of hydrogen-bond acceptors (Lipinski definition) is 5. The average Bonchev–Trinajstić information content (AvgIpc) is 2.74. The quantitative estimate of drug-likeness (QED) is 0.704. The Bertz CT molecular complexity index is 645.